The maximum atomic E-state index is 12.3. The van der Waals surface area contributed by atoms with Gasteiger partial charge in [-0.2, -0.15) is 4.98 Å². The molecular weight excluding hydrogens is 368 g/mol. The highest BCUT2D eigenvalue weighted by Gasteiger charge is 2.20. The molecule has 0 saturated carbocycles. The first kappa shape index (κ1) is 22.9. The zero-order valence-electron chi connectivity index (χ0n) is 18.3. The summed E-state index contributed by atoms with van der Waals surface area (Å²) >= 11 is 0. The molecule has 0 saturated heterocycles. The zero-order chi connectivity index (χ0) is 21.2. The van der Waals surface area contributed by atoms with Gasteiger partial charge in [-0.25, -0.2) is 0 Å². The molecule has 0 spiro atoms. The summed E-state index contributed by atoms with van der Waals surface area (Å²) in [7, 11) is 0. The average molecular weight is 403 g/mol. The minimum absolute atomic E-state index is 0.00336. The number of rotatable bonds is 12. The number of likely N-dealkylation sites (N-methyl/N-ethyl adjacent to an activating group) is 1. The van der Waals surface area contributed by atoms with Crippen LogP contribution in [0.1, 0.15) is 46.9 Å². The molecule has 1 atom stereocenters. The Kier molecular flexibility index (Phi) is 9.12. The van der Waals surface area contributed by atoms with Gasteiger partial charge >= 0.3 is 0 Å². The molecule has 1 aromatic heterocycles. The number of carbonyl (C=O) groups excluding carboxylic acids is 1. The van der Waals surface area contributed by atoms with Crippen molar-refractivity contribution in [2.75, 3.05) is 26.2 Å². The van der Waals surface area contributed by atoms with E-state index in [4.69, 9.17) is 9.26 Å². The summed E-state index contributed by atoms with van der Waals surface area (Å²) in [6.45, 7) is 13.9. The quantitative estimate of drug-likeness (QED) is 0.585. The van der Waals surface area contributed by atoms with E-state index in [0.717, 1.165) is 24.4 Å². The molecule has 2 rings (SSSR count). The number of ether oxygens (including phenoxy) is 1. The van der Waals surface area contributed by atoms with Gasteiger partial charge in [-0.1, -0.05) is 32.9 Å². The van der Waals surface area contributed by atoms with Crippen LogP contribution >= 0.6 is 0 Å². The predicted octanol–water partition coefficient (Wildman–Crippen LogP) is 3.55. The Morgan fingerprint density at radius 2 is 1.86 bits per heavy atom. The molecule has 0 aliphatic carbocycles. The van der Waals surface area contributed by atoms with Gasteiger partial charge in [-0.15, -0.1) is 0 Å². The summed E-state index contributed by atoms with van der Waals surface area (Å²) < 4.78 is 10.7. The predicted molar refractivity (Wildman–Crippen MR) is 114 cm³/mol. The molecular formula is C22H34N4O3. The number of carbonyl (C=O) groups is 1. The van der Waals surface area contributed by atoms with Crippen LogP contribution in [0.15, 0.2) is 28.8 Å². The lowest BCUT2D eigenvalue weighted by Crippen LogP contribution is -2.46. The number of hydrogen-bond donors (Lipinski definition) is 1. The molecule has 0 fully saturated rings. The van der Waals surface area contributed by atoms with Crippen LogP contribution in [0.5, 0.6) is 5.75 Å². The number of benzene rings is 1. The summed E-state index contributed by atoms with van der Waals surface area (Å²) in [4.78, 5) is 19.1. The molecule has 1 amide bonds. The van der Waals surface area contributed by atoms with E-state index >= 15 is 0 Å². The molecule has 1 aromatic carbocycles. The Hall–Kier alpha value is -2.41. The van der Waals surface area contributed by atoms with Crippen LogP contribution in [0.25, 0.3) is 11.4 Å². The van der Waals surface area contributed by atoms with E-state index in [-0.39, 0.29) is 5.91 Å². The maximum Gasteiger partial charge on any atom is 0.227 e. The van der Waals surface area contributed by atoms with E-state index in [9.17, 15) is 4.79 Å². The Bertz CT molecular complexity index is 739. The normalized spacial score (nSPS) is 12.4. The van der Waals surface area contributed by atoms with E-state index in [1.807, 2.05) is 31.2 Å². The lowest BCUT2D eigenvalue weighted by atomic mass is 10.0. The molecule has 160 valence electrons. The topological polar surface area (TPSA) is 80.5 Å². The fourth-order valence-corrected chi connectivity index (χ4v) is 3.35. The molecule has 1 heterocycles. The number of aromatic nitrogens is 2. The van der Waals surface area contributed by atoms with Crippen molar-refractivity contribution < 1.29 is 14.1 Å². The lowest BCUT2D eigenvalue weighted by Gasteiger charge is -2.32. The first-order chi connectivity index (χ1) is 14.0. The Morgan fingerprint density at radius 3 is 2.45 bits per heavy atom. The van der Waals surface area contributed by atoms with Gasteiger partial charge in [-0.05, 0) is 50.2 Å². The molecule has 0 bridgehead atoms. The molecule has 29 heavy (non-hydrogen) atoms. The van der Waals surface area contributed by atoms with Crippen molar-refractivity contribution in [3.8, 4) is 17.1 Å². The molecule has 1 N–H and O–H groups in total. The number of aryl methyl sites for hydroxylation is 1. The van der Waals surface area contributed by atoms with Crippen molar-refractivity contribution in [1.82, 2.24) is 20.4 Å². The van der Waals surface area contributed by atoms with Crippen molar-refractivity contribution in [1.29, 1.82) is 0 Å². The van der Waals surface area contributed by atoms with Gasteiger partial charge in [0.1, 0.15) is 5.75 Å². The Morgan fingerprint density at radius 1 is 1.17 bits per heavy atom. The highest BCUT2D eigenvalue weighted by Crippen LogP contribution is 2.20. The van der Waals surface area contributed by atoms with Crippen LogP contribution in [0.3, 0.4) is 0 Å². The van der Waals surface area contributed by atoms with Crippen molar-refractivity contribution in [3.05, 3.63) is 30.2 Å². The molecule has 0 radical (unpaired) electrons. The first-order valence-corrected chi connectivity index (χ1v) is 10.5. The summed E-state index contributed by atoms with van der Waals surface area (Å²) in [5.74, 6) is 2.27. The van der Waals surface area contributed by atoms with E-state index in [1.165, 1.54) is 0 Å². The second kappa shape index (κ2) is 11.6. The molecule has 7 heteroatoms. The second-order valence-corrected chi connectivity index (χ2v) is 7.31. The van der Waals surface area contributed by atoms with Crippen LogP contribution in [0, 0.1) is 5.92 Å². The molecule has 1 unspecified atom stereocenters. The molecule has 0 aliphatic rings. The van der Waals surface area contributed by atoms with Gasteiger partial charge in [0.05, 0.1) is 6.61 Å². The third-order valence-electron chi connectivity index (χ3n) is 5.02. The van der Waals surface area contributed by atoms with Gasteiger partial charge in [0.2, 0.25) is 17.6 Å². The molecule has 2 aromatic rings. The van der Waals surface area contributed by atoms with Crippen molar-refractivity contribution in [3.63, 3.8) is 0 Å². The van der Waals surface area contributed by atoms with E-state index in [0.29, 0.717) is 49.7 Å². The smallest absolute Gasteiger partial charge is 0.227 e. The third-order valence-corrected chi connectivity index (χ3v) is 5.02. The van der Waals surface area contributed by atoms with Gasteiger partial charge < -0.3 is 14.6 Å². The number of amides is 1. The van der Waals surface area contributed by atoms with Gasteiger partial charge in [-0.3, -0.25) is 9.69 Å². The van der Waals surface area contributed by atoms with Gasteiger partial charge in [0.25, 0.3) is 0 Å². The second-order valence-electron chi connectivity index (χ2n) is 7.31. The van der Waals surface area contributed by atoms with Crippen LogP contribution in [-0.2, 0) is 11.2 Å². The van der Waals surface area contributed by atoms with Crippen LogP contribution < -0.4 is 10.1 Å². The zero-order valence-corrected chi connectivity index (χ0v) is 18.3. The van der Waals surface area contributed by atoms with E-state index in [1.54, 1.807) is 0 Å². The standard InChI is InChI=1S/C22H34N4O3/c1-6-26(7-2)19(16(4)5)15-23-20(27)13-14-21-24-22(25-29-21)17-9-11-18(12-10-17)28-8-3/h9-12,16,19H,6-8,13-15H2,1-5H3,(H,23,27). The van der Waals surface area contributed by atoms with Crippen molar-refractivity contribution in [2.24, 2.45) is 5.92 Å². The third kappa shape index (κ3) is 6.85. The average Bonchev–Trinajstić information content (AvgIpc) is 3.19. The van der Waals surface area contributed by atoms with Crippen LogP contribution in [-0.4, -0.2) is 53.2 Å². The molecule has 7 nitrogen and oxygen atoms in total. The maximum absolute atomic E-state index is 12.3. The number of nitrogens with zero attached hydrogens (tertiary/aromatic N) is 3. The lowest BCUT2D eigenvalue weighted by molar-refractivity contribution is -0.121. The summed E-state index contributed by atoms with van der Waals surface area (Å²) in [6, 6.07) is 7.88. The first-order valence-electron chi connectivity index (χ1n) is 10.5. The minimum Gasteiger partial charge on any atom is -0.494 e. The fraction of sp³-hybridized carbons (Fsp3) is 0.591. The fourth-order valence-electron chi connectivity index (χ4n) is 3.35. The summed E-state index contributed by atoms with van der Waals surface area (Å²) in [6.07, 6.45) is 0.751. The van der Waals surface area contributed by atoms with Gasteiger partial charge in [0, 0.05) is 31.0 Å². The highest BCUT2D eigenvalue weighted by atomic mass is 16.5. The van der Waals surface area contributed by atoms with E-state index in [2.05, 4.69) is 48.1 Å². The number of nitrogens with one attached hydrogen (secondary N) is 1. The minimum atomic E-state index is 0.00336. The Balaban J connectivity index is 1.84. The highest BCUT2D eigenvalue weighted by molar-refractivity contribution is 5.76. The summed E-state index contributed by atoms with van der Waals surface area (Å²) in [5, 5.41) is 7.07. The molecule has 0 aliphatic heterocycles. The van der Waals surface area contributed by atoms with E-state index < -0.39 is 0 Å². The summed E-state index contributed by atoms with van der Waals surface area (Å²) in [5.41, 5.74) is 0.854. The Labute approximate surface area is 173 Å². The monoisotopic (exact) mass is 402 g/mol. The van der Waals surface area contributed by atoms with Crippen molar-refractivity contribution >= 4 is 5.91 Å². The largest absolute Gasteiger partial charge is 0.494 e. The van der Waals surface area contributed by atoms with Crippen LogP contribution in [0.2, 0.25) is 0 Å². The van der Waals surface area contributed by atoms with Crippen LogP contribution in [0.4, 0.5) is 0 Å². The number of hydrogen-bond acceptors (Lipinski definition) is 6. The van der Waals surface area contributed by atoms with Crippen molar-refractivity contribution in [2.45, 2.75) is 53.5 Å². The van der Waals surface area contributed by atoms with Gasteiger partial charge in [0.15, 0.2) is 0 Å². The SMILES string of the molecule is CCOc1ccc(-c2noc(CCC(=O)NCC(C(C)C)N(CC)CC)n2)cc1.